The lowest BCUT2D eigenvalue weighted by Crippen LogP contribution is -2.50. The Kier molecular flexibility index (Phi) is 5.56. The van der Waals surface area contributed by atoms with Gasteiger partial charge in [0, 0.05) is 36.6 Å². The molecule has 1 saturated heterocycles. The number of nitrogens with one attached hydrogen (secondary N) is 1. The summed E-state index contributed by atoms with van der Waals surface area (Å²) >= 11 is 1.44. The van der Waals surface area contributed by atoms with Gasteiger partial charge in [0.1, 0.15) is 10.7 Å². The minimum Gasteiger partial charge on any atom is -0.336 e. The lowest BCUT2D eigenvalue weighted by atomic mass is 10.1. The number of piperazine rings is 1. The number of rotatable bonds is 3. The molecule has 2 aromatic carbocycles. The van der Waals surface area contributed by atoms with E-state index in [2.05, 4.69) is 5.32 Å². The SMILES string of the molecule is C[C@@H]1Sc2ccc(C(=O)N3CCN(S(=O)(=O)c4ccccc4F)CC3)cc2NC1=O. The molecule has 1 fully saturated rings. The van der Waals surface area contributed by atoms with Crippen LogP contribution < -0.4 is 5.32 Å². The largest absolute Gasteiger partial charge is 0.336 e. The highest BCUT2D eigenvalue weighted by Crippen LogP contribution is 2.36. The monoisotopic (exact) mass is 449 g/mol. The fourth-order valence-electron chi connectivity index (χ4n) is 3.45. The summed E-state index contributed by atoms with van der Waals surface area (Å²) in [6.07, 6.45) is 0. The van der Waals surface area contributed by atoms with E-state index in [4.69, 9.17) is 0 Å². The molecular weight excluding hydrogens is 429 g/mol. The van der Waals surface area contributed by atoms with Crippen LogP contribution in [0.2, 0.25) is 0 Å². The molecule has 0 aliphatic carbocycles. The summed E-state index contributed by atoms with van der Waals surface area (Å²) in [7, 11) is -3.96. The molecule has 4 rings (SSSR count). The third-order valence-electron chi connectivity index (χ3n) is 5.14. The molecule has 10 heteroatoms. The maximum absolute atomic E-state index is 14.0. The molecule has 0 bridgehead atoms. The molecule has 2 aliphatic rings. The highest BCUT2D eigenvalue weighted by atomic mass is 32.2. The second-order valence-corrected chi connectivity index (χ2v) is 10.4. The number of benzene rings is 2. The van der Waals surface area contributed by atoms with E-state index in [0.717, 1.165) is 11.0 Å². The Morgan fingerprint density at radius 1 is 1.13 bits per heavy atom. The van der Waals surface area contributed by atoms with E-state index < -0.39 is 15.8 Å². The summed E-state index contributed by atoms with van der Waals surface area (Å²) < 4.78 is 40.6. The number of halogens is 1. The first-order valence-electron chi connectivity index (χ1n) is 9.43. The molecule has 158 valence electrons. The maximum Gasteiger partial charge on any atom is 0.254 e. The van der Waals surface area contributed by atoms with Crippen molar-refractivity contribution in [3.63, 3.8) is 0 Å². The van der Waals surface area contributed by atoms with Gasteiger partial charge in [0.05, 0.1) is 10.9 Å². The fourth-order valence-corrected chi connectivity index (χ4v) is 5.87. The van der Waals surface area contributed by atoms with E-state index in [9.17, 15) is 22.4 Å². The first-order valence-corrected chi connectivity index (χ1v) is 11.7. The number of anilines is 1. The van der Waals surface area contributed by atoms with Gasteiger partial charge in [-0.3, -0.25) is 9.59 Å². The van der Waals surface area contributed by atoms with Crippen molar-refractivity contribution in [3.05, 3.63) is 53.8 Å². The highest BCUT2D eigenvalue weighted by molar-refractivity contribution is 8.01. The first-order chi connectivity index (χ1) is 14.3. The second kappa shape index (κ2) is 8.01. The molecular formula is C20H20FN3O4S2. The molecule has 0 spiro atoms. The molecule has 0 aromatic heterocycles. The summed E-state index contributed by atoms with van der Waals surface area (Å²) in [4.78, 5) is 26.9. The van der Waals surface area contributed by atoms with Crippen molar-refractivity contribution >= 4 is 39.3 Å². The smallest absolute Gasteiger partial charge is 0.254 e. The van der Waals surface area contributed by atoms with Crippen LogP contribution in [-0.2, 0) is 14.8 Å². The predicted molar refractivity (Wildman–Crippen MR) is 111 cm³/mol. The molecule has 30 heavy (non-hydrogen) atoms. The van der Waals surface area contributed by atoms with E-state index in [1.165, 1.54) is 34.3 Å². The van der Waals surface area contributed by atoms with Gasteiger partial charge in [-0.1, -0.05) is 12.1 Å². The van der Waals surface area contributed by atoms with Crippen molar-refractivity contribution in [2.75, 3.05) is 31.5 Å². The van der Waals surface area contributed by atoms with Gasteiger partial charge in [-0.25, -0.2) is 12.8 Å². The van der Waals surface area contributed by atoms with Crippen LogP contribution in [0.5, 0.6) is 0 Å². The Balaban J connectivity index is 1.46. The van der Waals surface area contributed by atoms with E-state index in [0.29, 0.717) is 11.3 Å². The third kappa shape index (κ3) is 3.82. The standard InChI is InChI=1S/C20H20FN3O4S2/c1-13-19(25)22-16-12-14(6-7-17(16)29-13)20(26)23-8-10-24(11-9-23)30(27,28)18-5-3-2-4-15(18)21/h2-7,12-13H,8-11H2,1H3,(H,22,25)/t13-/m0/s1. The minimum atomic E-state index is -3.96. The van der Waals surface area contributed by atoms with E-state index >= 15 is 0 Å². The topological polar surface area (TPSA) is 86.8 Å². The second-order valence-electron chi connectivity index (χ2n) is 7.09. The van der Waals surface area contributed by atoms with Crippen LogP contribution in [0.25, 0.3) is 0 Å². The molecule has 2 aliphatic heterocycles. The van der Waals surface area contributed by atoms with E-state index in [1.54, 1.807) is 17.0 Å². The Hall–Kier alpha value is -2.43. The zero-order chi connectivity index (χ0) is 21.5. The van der Waals surface area contributed by atoms with Gasteiger partial charge in [0.2, 0.25) is 15.9 Å². The normalized spacial score (nSPS) is 19.9. The van der Waals surface area contributed by atoms with Gasteiger partial charge in [-0.15, -0.1) is 11.8 Å². The van der Waals surface area contributed by atoms with E-state index in [-0.39, 0.29) is 48.1 Å². The highest BCUT2D eigenvalue weighted by Gasteiger charge is 2.32. The molecule has 0 radical (unpaired) electrons. The van der Waals surface area contributed by atoms with Crippen LogP contribution in [0.1, 0.15) is 17.3 Å². The average Bonchev–Trinajstić information content (AvgIpc) is 2.74. The Morgan fingerprint density at radius 3 is 2.53 bits per heavy atom. The van der Waals surface area contributed by atoms with Gasteiger partial charge < -0.3 is 10.2 Å². The van der Waals surface area contributed by atoms with Crippen LogP contribution in [0.4, 0.5) is 10.1 Å². The molecule has 0 unspecified atom stereocenters. The van der Waals surface area contributed by atoms with Gasteiger partial charge in [0.25, 0.3) is 5.91 Å². The van der Waals surface area contributed by atoms with Crippen molar-refractivity contribution in [1.29, 1.82) is 0 Å². The number of hydrogen-bond donors (Lipinski definition) is 1. The number of nitrogens with zero attached hydrogens (tertiary/aromatic N) is 2. The summed E-state index contributed by atoms with van der Waals surface area (Å²) in [5.41, 5.74) is 1.03. The number of thioether (sulfide) groups is 1. The summed E-state index contributed by atoms with van der Waals surface area (Å²) in [5, 5.41) is 2.61. The third-order valence-corrected chi connectivity index (χ3v) is 8.25. The van der Waals surface area contributed by atoms with E-state index in [1.807, 2.05) is 13.0 Å². The lowest BCUT2D eigenvalue weighted by Gasteiger charge is -2.34. The van der Waals surface area contributed by atoms with Crippen molar-refractivity contribution in [2.24, 2.45) is 0 Å². The Morgan fingerprint density at radius 2 is 1.83 bits per heavy atom. The molecule has 2 amide bonds. The summed E-state index contributed by atoms with van der Waals surface area (Å²) in [6, 6.07) is 10.4. The zero-order valence-electron chi connectivity index (χ0n) is 16.2. The Labute approximate surface area is 178 Å². The van der Waals surface area contributed by atoms with Crippen LogP contribution in [0.15, 0.2) is 52.3 Å². The predicted octanol–water partition coefficient (Wildman–Crippen LogP) is 2.41. The Bertz CT molecular complexity index is 1110. The van der Waals surface area contributed by atoms with Crippen molar-refractivity contribution in [2.45, 2.75) is 22.0 Å². The van der Waals surface area contributed by atoms with Crippen LogP contribution in [0, 0.1) is 5.82 Å². The van der Waals surface area contributed by atoms with Crippen LogP contribution in [-0.4, -0.2) is 60.9 Å². The van der Waals surface area contributed by atoms with Gasteiger partial charge in [-0.2, -0.15) is 4.31 Å². The summed E-state index contributed by atoms with van der Waals surface area (Å²) in [6.45, 7) is 2.37. The number of carbonyl (C=O) groups excluding carboxylic acids is 2. The van der Waals surface area contributed by atoms with Crippen LogP contribution >= 0.6 is 11.8 Å². The van der Waals surface area contributed by atoms with Gasteiger partial charge in [-0.05, 0) is 37.3 Å². The first kappa shape index (κ1) is 20.8. The minimum absolute atomic E-state index is 0.0808. The molecule has 2 aromatic rings. The number of sulfonamides is 1. The van der Waals surface area contributed by atoms with Crippen molar-refractivity contribution in [3.8, 4) is 0 Å². The number of carbonyl (C=O) groups is 2. The molecule has 1 atom stereocenters. The van der Waals surface area contributed by atoms with Gasteiger partial charge in [0.15, 0.2) is 0 Å². The lowest BCUT2D eigenvalue weighted by molar-refractivity contribution is -0.115. The van der Waals surface area contributed by atoms with Crippen molar-refractivity contribution in [1.82, 2.24) is 9.21 Å². The quantitative estimate of drug-likeness (QED) is 0.778. The molecule has 1 N–H and O–H groups in total. The molecule has 7 nitrogen and oxygen atoms in total. The number of fused-ring (bicyclic) bond motifs is 1. The number of amides is 2. The molecule has 0 saturated carbocycles. The molecule has 2 heterocycles. The summed E-state index contributed by atoms with van der Waals surface area (Å²) in [5.74, 6) is -1.14. The number of hydrogen-bond acceptors (Lipinski definition) is 5. The van der Waals surface area contributed by atoms with Crippen molar-refractivity contribution < 1.29 is 22.4 Å². The zero-order valence-corrected chi connectivity index (χ0v) is 17.8. The fraction of sp³-hybridized carbons (Fsp3) is 0.300. The van der Waals surface area contributed by atoms with Crippen LogP contribution in [0.3, 0.4) is 0 Å². The average molecular weight is 450 g/mol. The van der Waals surface area contributed by atoms with Gasteiger partial charge >= 0.3 is 0 Å². The maximum atomic E-state index is 14.0.